The average Bonchev–Trinajstić information content (AvgIpc) is 2.47. The summed E-state index contributed by atoms with van der Waals surface area (Å²) < 4.78 is 5.65. The van der Waals surface area contributed by atoms with E-state index in [9.17, 15) is 0 Å². The summed E-state index contributed by atoms with van der Waals surface area (Å²) in [5, 5.41) is 3.17. The van der Waals surface area contributed by atoms with Gasteiger partial charge in [0.25, 0.3) is 0 Å². The highest BCUT2D eigenvalue weighted by atomic mass is 32.1. The number of aromatic nitrogens is 1. The van der Waals surface area contributed by atoms with Gasteiger partial charge in [-0.2, -0.15) is 0 Å². The second-order valence-corrected chi connectivity index (χ2v) is 4.68. The van der Waals surface area contributed by atoms with Crippen LogP contribution >= 0.6 is 11.3 Å². The molecule has 1 atom stereocenters. The van der Waals surface area contributed by atoms with Crippen LogP contribution in [0.25, 0.3) is 0 Å². The second-order valence-electron chi connectivity index (χ2n) is 3.62. The Morgan fingerprint density at radius 2 is 2.15 bits per heavy atom. The van der Waals surface area contributed by atoms with E-state index in [1.54, 1.807) is 11.3 Å². The first-order valence-corrected chi connectivity index (χ1v) is 5.50. The topological polar surface area (TPSA) is 22.1 Å². The number of thiazole rings is 1. The highest BCUT2D eigenvalue weighted by Gasteiger charge is 2.07. The molecule has 0 aromatic carbocycles. The van der Waals surface area contributed by atoms with Crippen LogP contribution in [0.2, 0.25) is 0 Å². The molecule has 3 heteroatoms. The SMILES string of the molecule is Cc1nc(COC(C)C(C)C)cs1. The van der Waals surface area contributed by atoms with Crippen LogP contribution in [-0.4, -0.2) is 11.1 Å². The maximum absolute atomic E-state index is 5.65. The maximum Gasteiger partial charge on any atom is 0.0900 e. The Kier molecular flexibility index (Phi) is 3.88. The summed E-state index contributed by atoms with van der Waals surface area (Å²) in [4.78, 5) is 4.34. The second kappa shape index (κ2) is 4.72. The van der Waals surface area contributed by atoms with Crippen LogP contribution in [0.1, 0.15) is 31.5 Å². The van der Waals surface area contributed by atoms with E-state index in [0.717, 1.165) is 10.7 Å². The Hall–Kier alpha value is -0.410. The van der Waals surface area contributed by atoms with Crippen molar-refractivity contribution in [2.24, 2.45) is 5.92 Å². The van der Waals surface area contributed by atoms with Crippen molar-refractivity contribution in [1.82, 2.24) is 4.98 Å². The van der Waals surface area contributed by atoms with Crippen LogP contribution in [0, 0.1) is 12.8 Å². The minimum absolute atomic E-state index is 0.307. The van der Waals surface area contributed by atoms with E-state index in [1.165, 1.54) is 0 Å². The van der Waals surface area contributed by atoms with Crippen molar-refractivity contribution >= 4 is 11.3 Å². The molecular weight excluding hydrogens is 182 g/mol. The summed E-state index contributed by atoms with van der Waals surface area (Å²) in [5.41, 5.74) is 1.05. The van der Waals surface area contributed by atoms with E-state index in [-0.39, 0.29) is 0 Å². The number of ether oxygens (including phenoxy) is 1. The smallest absolute Gasteiger partial charge is 0.0900 e. The van der Waals surface area contributed by atoms with Crippen molar-refractivity contribution in [3.63, 3.8) is 0 Å². The Labute approximate surface area is 84.0 Å². The third kappa shape index (κ3) is 3.44. The van der Waals surface area contributed by atoms with E-state index >= 15 is 0 Å². The van der Waals surface area contributed by atoms with Crippen LogP contribution in [0.15, 0.2) is 5.38 Å². The standard InChI is InChI=1S/C10H17NOS/c1-7(2)8(3)12-5-10-6-13-9(4)11-10/h6-8H,5H2,1-4H3. The first-order valence-electron chi connectivity index (χ1n) is 4.62. The third-order valence-corrected chi connectivity index (χ3v) is 2.92. The minimum atomic E-state index is 0.307. The Balaban J connectivity index is 2.35. The molecule has 1 rings (SSSR count). The fourth-order valence-corrected chi connectivity index (χ4v) is 1.48. The summed E-state index contributed by atoms with van der Waals surface area (Å²) in [7, 11) is 0. The molecule has 0 N–H and O–H groups in total. The van der Waals surface area contributed by atoms with Gasteiger partial charge in [-0.1, -0.05) is 13.8 Å². The van der Waals surface area contributed by atoms with E-state index < -0.39 is 0 Å². The minimum Gasteiger partial charge on any atom is -0.372 e. The van der Waals surface area contributed by atoms with Crippen LogP contribution in [0.3, 0.4) is 0 Å². The lowest BCUT2D eigenvalue weighted by atomic mass is 10.1. The molecule has 1 aromatic rings. The van der Waals surface area contributed by atoms with Gasteiger partial charge in [0.1, 0.15) is 0 Å². The largest absolute Gasteiger partial charge is 0.372 e. The molecule has 0 bridgehead atoms. The zero-order valence-electron chi connectivity index (χ0n) is 8.70. The molecule has 1 aromatic heterocycles. The van der Waals surface area contributed by atoms with Crippen molar-refractivity contribution in [1.29, 1.82) is 0 Å². The molecule has 0 amide bonds. The molecule has 0 fully saturated rings. The zero-order chi connectivity index (χ0) is 9.84. The van der Waals surface area contributed by atoms with Gasteiger partial charge in [-0.15, -0.1) is 11.3 Å². The predicted molar refractivity (Wildman–Crippen MR) is 55.9 cm³/mol. The van der Waals surface area contributed by atoms with Gasteiger partial charge in [0.2, 0.25) is 0 Å². The summed E-state index contributed by atoms with van der Waals surface area (Å²) in [6.45, 7) is 9.08. The molecular formula is C10H17NOS. The number of rotatable bonds is 4. The van der Waals surface area contributed by atoms with Gasteiger partial charge in [0.05, 0.1) is 23.4 Å². The van der Waals surface area contributed by atoms with E-state index in [1.807, 2.05) is 6.92 Å². The van der Waals surface area contributed by atoms with Gasteiger partial charge in [0, 0.05) is 5.38 Å². The fraction of sp³-hybridized carbons (Fsp3) is 0.700. The van der Waals surface area contributed by atoms with Crippen molar-refractivity contribution < 1.29 is 4.74 Å². The van der Waals surface area contributed by atoms with Crippen LogP contribution in [-0.2, 0) is 11.3 Å². The van der Waals surface area contributed by atoms with Gasteiger partial charge >= 0.3 is 0 Å². The third-order valence-electron chi connectivity index (χ3n) is 2.10. The van der Waals surface area contributed by atoms with Gasteiger partial charge in [-0.3, -0.25) is 0 Å². The molecule has 0 aliphatic rings. The predicted octanol–water partition coefficient (Wildman–Crippen LogP) is 3.01. The van der Waals surface area contributed by atoms with Gasteiger partial charge < -0.3 is 4.74 Å². The molecule has 74 valence electrons. The molecule has 13 heavy (non-hydrogen) atoms. The van der Waals surface area contributed by atoms with Gasteiger partial charge in [-0.25, -0.2) is 4.98 Å². The van der Waals surface area contributed by atoms with Crippen molar-refractivity contribution in [2.45, 2.75) is 40.4 Å². The van der Waals surface area contributed by atoms with Crippen molar-refractivity contribution in [2.75, 3.05) is 0 Å². The number of aryl methyl sites for hydroxylation is 1. The lowest BCUT2D eigenvalue weighted by molar-refractivity contribution is 0.0220. The molecule has 0 saturated carbocycles. The number of hydrogen-bond acceptors (Lipinski definition) is 3. The first kappa shape index (κ1) is 10.7. The molecule has 0 aliphatic carbocycles. The van der Waals surface area contributed by atoms with E-state index in [2.05, 4.69) is 31.1 Å². The van der Waals surface area contributed by atoms with Crippen LogP contribution < -0.4 is 0 Å². The summed E-state index contributed by atoms with van der Waals surface area (Å²) >= 11 is 1.67. The van der Waals surface area contributed by atoms with Crippen molar-refractivity contribution in [3.8, 4) is 0 Å². The highest BCUT2D eigenvalue weighted by molar-refractivity contribution is 7.09. The Bertz CT molecular complexity index is 257. The summed E-state index contributed by atoms with van der Waals surface area (Å²) in [5.74, 6) is 0.569. The fourth-order valence-electron chi connectivity index (χ4n) is 0.884. The Morgan fingerprint density at radius 1 is 1.46 bits per heavy atom. The summed E-state index contributed by atoms with van der Waals surface area (Å²) in [6.07, 6.45) is 0.307. The van der Waals surface area contributed by atoms with Gasteiger partial charge in [-0.05, 0) is 19.8 Å². The Morgan fingerprint density at radius 3 is 2.62 bits per heavy atom. The maximum atomic E-state index is 5.65. The van der Waals surface area contributed by atoms with E-state index in [0.29, 0.717) is 18.6 Å². The zero-order valence-corrected chi connectivity index (χ0v) is 9.52. The number of nitrogens with zero attached hydrogens (tertiary/aromatic N) is 1. The monoisotopic (exact) mass is 199 g/mol. The molecule has 1 heterocycles. The van der Waals surface area contributed by atoms with Gasteiger partial charge in [0.15, 0.2) is 0 Å². The lowest BCUT2D eigenvalue weighted by Gasteiger charge is -2.15. The molecule has 0 radical (unpaired) electrons. The van der Waals surface area contributed by atoms with Crippen molar-refractivity contribution in [3.05, 3.63) is 16.1 Å². The average molecular weight is 199 g/mol. The molecule has 2 nitrogen and oxygen atoms in total. The van der Waals surface area contributed by atoms with E-state index in [4.69, 9.17) is 4.74 Å². The normalized spacial score (nSPS) is 13.6. The number of hydrogen-bond donors (Lipinski definition) is 0. The molecule has 0 spiro atoms. The first-order chi connectivity index (χ1) is 6.09. The molecule has 0 aliphatic heterocycles. The summed E-state index contributed by atoms with van der Waals surface area (Å²) in [6, 6.07) is 0. The molecule has 0 saturated heterocycles. The lowest BCUT2D eigenvalue weighted by Crippen LogP contribution is -2.15. The molecule has 1 unspecified atom stereocenters. The van der Waals surface area contributed by atoms with Crippen LogP contribution in [0.4, 0.5) is 0 Å². The quantitative estimate of drug-likeness (QED) is 0.743. The van der Waals surface area contributed by atoms with Crippen LogP contribution in [0.5, 0.6) is 0 Å². The highest BCUT2D eigenvalue weighted by Crippen LogP contribution is 2.12.